The summed E-state index contributed by atoms with van der Waals surface area (Å²) in [5.74, 6) is 0.471. The van der Waals surface area contributed by atoms with E-state index in [0.717, 1.165) is 31.5 Å². The lowest BCUT2D eigenvalue weighted by Gasteiger charge is -2.23. The number of rotatable bonds is 5. The lowest BCUT2D eigenvalue weighted by Crippen LogP contribution is -2.36. The van der Waals surface area contributed by atoms with Crippen molar-refractivity contribution in [3.05, 3.63) is 34.9 Å². The standard InChI is InChI=1S/C14H21ClN2O2S/c1-11(13-2-4-14(15)5-3-13)17-20(18,19)10-12-6-8-16-9-7-12/h2-5,11-12,16-17H,6-10H2,1H3. The molecule has 4 nitrogen and oxygen atoms in total. The van der Waals surface area contributed by atoms with Crippen LogP contribution in [-0.4, -0.2) is 27.3 Å². The molecular weight excluding hydrogens is 296 g/mol. The first-order valence-electron chi connectivity index (χ1n) is 6.92. The highest BCUT2D eigenvalue weighted by molar-refractivity contribution is 7.89. The van der Waals surface area contributed by atoms with Gasteiger partial charge in [0.15, 0.2) is 0 Å². The first kappa shape index (κ1) is 15.8. The van der Waals surface area contributed by atoms with Crippen LogP contribution in [-0.2, 0) is 10.0 Å². The minimum Gasteiger partial charge on any atom is -0.317 e. The third kappa shape index (κ3) is 4.74. The number of halogens is 1. The van der Waals surface area contributed by atoms with Gasteiger partial charge in [0.05, 0.1) is 5.75 Å². The SMILES string of the molecule is CC(NS(=O)(=O)CC1CCNCC1)c1ccc(Cl)cc1. The van der Waals surface area contributed by atoms with Crippen LogP contribution in [0.15, 0.2) is 24.3 Å². The van der Waals surface area contributed by atoms with Crippen LogP contribution in [0.3, 0.4) is 0 Å². The van der Waals surface area contributed by atoms with Gasteiger partial charge in [0.1, 0.15) is 0 Å². The molecule has 1 aromatic carbocycles. The maximum atomic E-state index is 12.2. The molecule has 0 bridgehead atoms. The van der Waals surface area contributed by atoms with Gasteiger partial charge in [-0.3, -0.25) is 0 Å². The molecule has 0 saturated carbocycles. The van der Waals surface area contributed by atoms with E-state index in [4.69, 9.17) is 11.6 Å². The molecule has 1 atom stereocenters. The summed E-state index contributed by atoms with van der Waals surface area (Å²) in [6.45, 7) is 3.67. The van der Waals surface area contributed by atoms with Gasteiger partial charge in [0, 0.05) is 11.1 Å². The smallest absolute Gasteiger partial charge is 0.212 e. The van der Waals surface area contributed by atoms with Crippen LogP contribution in [0.5, 0.6) is 0 Å². The van der Waals surface area contributed by atoms with E-state index < -0.39 is 10.0 Å². The minimum atomic E-state index is -3.25. The maximum Gasteiger partial charge on any atom is 0.212 e. The largest absolute Gasteiger partial charge is 0.317 e. The van der Waals surface area contributed by atoms with Gasteiger partial charge in [0.25, 0.3) is 0 Å². The van der Waals surface area contributed by atoms with Crippen molar-refractivity contribution in [2.45, 2.75) is 25.8 Å². The Kier molecular flexibility index (Phi) is 5.43. The molecule has 1 aliphatic rings. The number of hydrogen-bond acceptors (Lipinski definition) is 3. The molecule has 6 heteroatoms. The summed E-state index contributed by atoms with van der Waals surface area (Å²) in [5, 5.41) is 3.90. The average molecular weight is 317 g/mol. The summed E-state index contributed by atoms with van der Waals surface area (Å²) < 4.78 is 27.1. The molecule has 1 unspecified atom stereocenters. The molecule has 0 aromatic heterocycles. The third-order valence-electron chi connectivity index (χ3n) is 3.64. The van der Waals surface area contributed by atoms with Gasteiger partial charge < -0.3 is 5.32 Å². The van der Waals surface area contributed by atoms with E-state index in [1.807, 2.05) is 19.1 Å². The molecule has 0 radical (unpaired) electrons. The van der Waals surface area contributed by atoms with E-state index in [1.54, 1.807) is 12.1 Å². The average Bonchev–Trinajstić information content (AvgIpc) is 2.39. The van der Waals surface area contributed by atoms with Gasteiger partial charge in [-0.15, -0.1) is 0 Å². The van der Waals surface area contributed by atoms with Gasteiger partial charge in [-0.05, 0) is 56.5 Å². The molecule has 0 amide bonds. The Hall–Kier alpha value is -0.620. The Morgan fingerprint density at radius 3 is 2.50 bits per heavy atom. The highest BCUT2D eigenvalue weighted by atomic mass is 35.5. The van der Waals surface area contributed by atoms with Gasteiger partial charge in [0.2, 0.25) is 10.0 Å². The van der Waals surface area contributed by atoms with Crippen LogP contribution >= 0.6 is 11.6 Å². The summed E-state index contributed by atoms with van der Waals surface area (Å²) in [6, 6.07) is 7.00. The fourth-order valence-electron chi connectivity index (χ4n) is 2.50. The zero-order valence-electron chi connectivity index (χ0n) is 11.6. The van der Waals surface area contributed by atoms with Crippen molar-refractivity contribution < 1.29 is 8.42 Å². The molecule has 1 aliphatic heterocycles. The Labute approximate surface area is 126 Å². The molecule has 1 heterocycles. The molecule has 1 aromatic rings. The normalized spacial score (nSPS) is 18.9. The van der Waals surface area contributed by atoms with E-state index >= 15 is 0 Å². The van der Waals surface area contributed by atoms with E-state index in [1.165, 1.54) is 0 Å². The summed E-state index contributed by atoms with van der Waals surface area (Å²) in [4.78, 5) is 0. The van der Waals surface area contributed by atoms with Crippen molar-refractivity contribution in [2.75, 3.05) is 18.8 Å². The van der Waals surface area contributed by atoms with E-state index in [0.29, 0.717) is 5.02 Å². The van der Waals surface area contributed by atoms with Crippen LogP contribution in [0.1, 0.15) is 31.4 Å². The Bertz CT molecular complexity index is 525. The van der Waals surface area contributed by atoms with Crippen LogP contribution in [0.25, 0.3) is 0 Å². The summed E-state index contributed by atoms with van der Waals surface area (Å²) in [7, 11) is -3.25. The second kappa shape index (κ2) is 6.89. The van der Waals surface area contributed by atoms with Gasteiger partial charge in [-0.25, -0.2) is 13.1 Å². The van der Waals surface area contributed by atoms with Crippen LogP contribution in [0.4, 0.5) is 0 Å². The maximum absolute atomic E-state index is 12.2. The zero-order valence-corrected chi connectivity index (χ0v) is 13.2. The predicted molar refractivity (Wildman–Crippen MR) is 82.4 cm³/mol. The van der Waals surface area contributed by atoms with Crippen molar-refractivity contribution in [3.63, 3.8) is 0 Å². The molecule has 1 fully saturated rings. The van der Waals surface area contributed by atoms with Crippen molar-refractivity contribution in [1.29, 1.82) is 0 Å². The number of hydrogen-bond donors (Lipinski definition) is 2. The molecule has 0 spiro atoms. The van der Waals surface area contributed by atoms with E-state index in [2.05, 4.69) is 10.0 Å². The topological polar surface area (TPSA) is 58.2 Å². The Morgan fingerprint density at radius 1 is 1.30 bits per heavy atom. The first-order valence-corrected chi connectivity index (χ1v) is 8.95. The summed E-state index contributed by atoms with van der Waals surface area (Å²) in [6.07, 6.45) is 1.85. The lowest BCUT2D eigenvalue weighted by molar-refractivity contribution is 0.399. The fraction of sp³-hybridized carbons (Fsp3) is 0.571. The molecule has 2 rings (SSSR count). The minimum absolute atomic E-state index is 0.215. The second-order valence-corrected chi connectivity index (χ2v) is 7.60. The number of benzene rings is 1. The molecule has 112 valence electrons. The van der Waals surface area contributed by atoms with Crippen LogP contribution < -0.4 is 10.0 Å². The summed E-state index contributed by atoms with van der Waals surface area (Å²) >= 11 is 5.83. The van der Waals surface area contributed by atoms with Crippen LogP contribution in [0.2, 0.25) is 5.02 Å². The fourth-order valence-corrected chi connectivity index (χ4v) is 4.35. The number of nitrogens with one attached hydrogen (secondary N) is 2. The van der Waals surface area contributed by atoms with Gasteiger partial charge in [-0.2, -0.15) is 0 Å². The Morgan fingerprint density at radius 2 is 1.90 bits per heavy atom. The number of sulfonamides is 1. The predicted octanol–water partition coefficient (Wildman–Crippen LogP) is 2.32. The Balaban J connectivity index is 1.94. The second-order valence-electron chi connectivity index (χ2n) is 5.37. The van der Waals surface area contributed by atoms with Gasteiger partial charge >= 0.3 is 0 Å². The van der Waals surface area contributed by atoms with Crippen molar-refractivity contribution in [2.24, 2.45) is 5.92 Å². The van der Waals surface area contributed by atoms with E-state index in [9.17, 15) is 8.42 Å². The molecule has 20 heavy (non-hydrogen) atoms. The third-order valence-corrected chi connectivity index (χ3v) is 5.52. The lowest BCUT2D eigenvalue weighted by atomic mass is 10.0. The molecule has 2 N–H and O–H groups in total. The van der Waals surface area contributed by atoms with Crippen molar-refractivity contribution in [1.82, 2.24) is 10.0 Å². The quantitative estimate of drug-likeness (QED) is 0.876. The summed E-state index contributed by atoms with van der Waals surface area (Å²) in [5.41, 5.74) is 0.920. The van der Waals surface area contributed by atoms with Crippen LogP contribution in [0, 0.1) is 5.92 Å². The van der Waals surface area contributed by atoms with Crippen molar-refractivity contribution in [3.8, 4) is 0 Å². The first-order chi connectivity index (χ1) is 9.46. The monoisotopic (exact) mass is 316 g/mol. The highest BCUT2D eigenvalue weighted by Gasteiger charge is 2.22. The van der Waals surface area contributed by atoms with Crippen molar-refractivity contribution >= 4 is 21.6 Å². The zero-order chi connectivity index (χ0) is 14.6. The molecule has 0 aliphatic carbocycles. The molecule has 1 saturated heterocycles. The highest BCUT2D eigenvalue weighted by Crippen LogP contribution is 2.19. The van der Waals surface area contributed by atoms with E-state index in [-0.39, 0.29) is 17.7 Å². The molecular formula is C14H21ClN2O2S. The van der Waals surface area contributed by atoms with Gasteiger partial charge in [-0.1, -0.05) is 23.7 Å². The number of piperidine rings is 1.